The molecule has 0 aliphatic carbocycles. The first-order valence-corrected chi connectivity index (χ1v) is 6.48. The number of nitrogens with zero attached hydrogens (tertiary/aromatic N) is 1. The SMILES string of the molecule is Cn1c(C(=O)O)c(C(=O)O)c(C(=O)O)c1C(=O)OCC(C)(C)C. The van der Waals surface area contributed by atoms with E-state index in [9.17, 15) is 24.3 Å². The van der Waals surface area contributed by atoms with Crippen LogP contribution in [0.2, 0.25) is 0 Å². The Bertz CT molecular complexity index is 693. The summed E-state index contributed by atoms with van der Waals surface area (Å²) in [6.45, 7) is 5.26. The number of aromatic nitrogens is 1. The number of carbonyl (C=O) groups excluding carboxylic acids is 1. The molecule has 0 fully saturated rings. The Balaban J connectivity index is 3.56. The van der Waals surface area contributed by atoms with Crippen molar-refractivity contribution in [3.63, 3.8) is 0 Å². The van der Waals surface area contributed by atoms with Gasteiger partial charge in [0.2, 0.25) is 0 Å². The number of rotatable bonds is 5. The highest BCUT2D eigenvalue weighted by molar-refractivity contribution is 6.14. The highest BCUT2D eigenvalue weighted by atomic mass is 16.5. The second kappa shape index (κ2) is 6.11. The minimum absolute atomic E-state index is 0.0547. The van der Waals surface area contributed by atoms with Crippen molar-refractivity contribution in [3.8, 4) is 0 Å². The third kappa shape index (κ3) is 3.68. The fourth-order valence-electron chi connectivity index (χ4n) is 1.94. The van der Waals surface area contributed by atoms with E-state index in [0.717, 1.165) is 7.05 Å². The number of esters is 1. The molecule has 0 spiro atoms. The van der Waals surface area contributed by atoms with Crippen LogP contribution in [0.3, 0.4) is 0 Å². The molecule has 0 aromatic carbocycles. The lowest BCUT2D eigenvalue weighted by atomic mass is 9.99. The van der Waals surface area contributed by atoms with E-state index >= 15 is 0 Å². The Morgan fingerprint density at radius 3 is 1.70 bits per heavy atom. The smallest absolute Gasteiger partial charge is 0.355 e. The highest BCUT2D eigenvalue weighted by Crippen LogP contribution is 2.25. The number of hydrogen-bond donors (Lipinski definition) is 3. The van der Waals surface area contributed by atoms with Crippen LogP contribution in [0.5, 0.6) is 0 Å². The predicted octanol–water partition coefficient (Wildman–Crippen LogP) is 1.32. The molecule has 0 bridgehead atoms. The zero-order chi connectivity index (χ0) is 18.1. The minimum Gasteiger partial charge on any atom is -0.478 e. The average Bonchev–Trinajstić information content (AvgIpc) is 2.69. The summed E-state index contributed by atoms with van der Waals surface area (Å²) >= 11 is 0. The van der Waals surface area contributed by atoms with Crippen LogP contribution in [-0.2, 0) is 11.8 Å². The summed E-state index contributed by atoms with van der Waals surface area (Å²) in [5, 5.41) is 27.5. The monoisotopic (exact) mass is 327 g/mol. The molecule has 9 nitrogen and oxygen atoms in total. The van der Waals surface area contributed by atoms with E-state index in [2.05, 4.69) is 0 Å². The van der Waals surface area contributed by atoms with Gasteiger partial charge in [0.25, 0.3) is 0 Å². The van der Waals surface area contributed by atoms with E-state index in [1.807, 2.05) is 0 Å². The summed E-state index contributed by atoms with van der Waals surface area (Å²) in [5.74, 6) is -6.25. The molecule has 3 N–H and O–H groups in total. The number of carboxylic acids is 3. The summed E-state index contributed by atoms with van der Waals surface area (Å²) in [6, 6.07) is 0. The molecule has 1 aromatic heterocycles. The first-order valence-electron chi connectivity index (χ1n) is 6.48. The van der Waals surface area contributed by atoms with Gasteiger partial charge in [-0.15, -0.1) is 0 Å². The van der Waals surface area contributed by atoms with E-state index < -0.39 is 51.8 Å². The number of aromatic carboxylic acids is 3. The van der Waals surface area contributed by atoms with Gasteiger partial charge in [-0.25, -0.2) is 19.2 Å². The maximum atomic E-state index is 12.2. The molecule has 0 saturated carbocycles. The van der Waals surface area contributed by atoms with E-state index in [1.54, 1.807) is 20.8 Å². The van der Waals surface area contributed by atoms with E-state index in [1.165, 1.54) is 0 Å². The Kier molecular flexibility index (Phi) is 4.84. The van der Waals surface area contributed by atoms with Gasteiger partial charge in [-0.3, -0.25) is 0 Å². The quantitative estimate of drug-likeness (QED) is 0.687. The molecular formula is C14H17NO8. The second-order valence-electron chi connectivity index (χ2n) is 6.06. The van der Waals surface area contributed by atoms with Crippen LogP contribution in [0.15, 0.2) is 0 Å². The van der Waals surface area contributed by atoms with Gasteiger partial charge in [0.15, 0.2) is 0 Å². The Hall–Kier alpha value is -2.84. The highest BCUT2D eigenvalue weighted by Gasteiger charge is 2.36. The second-order valence-corrected chi connectivity index (χ2v) is 6.06. The van der Waals surface area contributed by atoms with E-state index in [4.69, 9.17) is 14.9 Å². The fraction of sp³-hybridized carbons (Fsp3) is 0.429. The molecule has 1 heterocycles. The topological polar surface area (TPSA) is 143 Å². The zero-order valence-corrected chi connectivity index (χ0v) is 13.0. The van der Waals surface area contributed by atoms with Gasteiger partial charge in [-0.05, 0) is 5.41 Å². The fourth-order valence-corrected chi connectivity index (χ4v) is 1.94. The molecule has 0 atom stereocenters. The van der Waals surface area contributed by atoms with E-state index in [0.29, 0.717) is 4.57 Å². The Labute approximate surface area is 131 Å². The minimum atomic E-state index is -1.76. The van der Waals surface area contributed by atoms with Gasteiger partial charge in [-0.1, -0.05) is 20.8 Å². The maximum Gasteiger partial charge on any atom is 0.355 e. The lowest BCUT2D eigenvalue weighted by molar-refractivity contribution is 0.0349. The number of hydrogen-bond acceptors (Lipinski definition) is 5. The van der Waals surface area contributed by atoms with Gasteiger partial charge >= 0.3 is 23.9 Å². The van der Waals surface area contributed by atoms with Crippen LogP contribution >= 0.6 is 0 Å². The largest absolute Gasteiger partial charge is 0.478 e. The van der Waals surface area contributed by atoms with Crippen molar-refractivity contribution in [3.05, 3.63) is 22.5 Å². The molecule has 9 heteroatoms. The predicted molar refractivity (Wildman–Crippen MR) is 76.0 cm³/mol. The third-order valence-corrected chi connectivity index (χ3v) is 2.85. The molecule has 0 radical (unpaired) electrons. The van der Waals surface area contributed by atoms with Crippen molar-refractivity contribution in [2.45, 2.75) is 20.8 Å². The van der Waals surface area contributed by atoms with Crippen LogP contribution in [0, 0.1) is 5.41 Å². The molecule has 0 amide bonds. The summed E-state index contributed by atoms with van der Waals surface area (Å²) in [6.07, 6.45) is 0. The van der Waals surface area contributed by atoms with Crippen LogP contribution in [0.25, 0.3) is 0 Å². The third-order valence-electron chi connectivity index (χ3n) is 2.85. The molecule has 0 aliphatic rings. The Morgan fingerprint density at radius 1 is 0.913 bits per heavy atom. The zero-order valence-electron chi connectivity index (χ0n) is 13.0. The van der Waals surface area contributed by atoms with Crippen molar-refractivity contribution in [1.82, 2.24) is 4.57 Å². The number of ether oxygens (including phenoxy) is 1. The molecule has 23 heavy (non-hydrogen) atoms. The molecular weight excluding hydrogens is 310 g/mol. The van der Waals surface area contributed by atoms with Crippen LogP contribution in [-0.4, -0.2) is 50.4 Å². The average molecular weight is 327 g/mol. The molecule has 0 saturated heterocycles. The number of carboxylic acid groups (broad SMARTS) is 3. The molecule has 0 unspecified atom stereocenters. The van der Waals surface area contributed by atoms with Crippen molar-refractivity contribution in [2.24, 2.45) is 12.5 Å². The Morgan fingerprint density at radius 2 is 1.35 bits per heavy atom. The van der Waals surface area contributed by atoms with Crippen molar-refractivity contribution in [2.75, 3.05) is 6.61 Å². The van der Waals surface area contributed by atoms with Crippen LogP contribution in [0.1, 0.15) is 62.5 Å². The summed E-state index contributed by atoms with van der Waals surface area (Å²) in [4.78, 5) is 46.0. The normalized spacial score (nSPS) is 11.1. The molecule has 0 aliphatic heterocycles. The van der Waals surface area contributed by atoms with E-state index in [-0.39, 0.29) is 6.61 Å². The number of carbonyl (C=O) groups is 4. The van der Waals surface area contributed by atoms with Gasteiger partial charge < -0.3 is 24.6 Å². The lowest BCUT2D eigenvalue weighted by Crippen LogP contribution is -2.22. The van der Waals surface area contributed by atoms with Gasteiger partial charge in [0.05, 0.1) is 6.61 Å². The van der Waals surface area contributed by atoms with Gasteiger partial charge in [0.1, 0.15) is 22.5 Å². The first kappa shape index (κ1) is 18.2. The van der Waals surface area contributed by atoms with Gasteiger partial charge in [-0.2, -0.15) is 0 Å². The van der Waals surface area contributed by atoms with Crippen LogP contribution < -0.4 is 0 Å². The maximum absolute atomic E-state index is 12.2. The molecule has 126 valence electrons. The van der Waals surface area contributed by atoms with Crippen molar-refractivity contribution in [1.29, 1.82) is 0 Å². The van der Waals surface area contributed by atoms with Crippen molar-refractivity contribution < 1.29 is 39.2 Å². The first-order chi connectivity index (χ1) is 10.4. The molecule has 1 aromatic rings. The van der Waals surface area contributed by atoms with Crippen molar-refractivity contribution >= 4 is 23.9 Å². The molecule has 1 rings (SSSR count). The lowest BCUT2D eigenvalue weighted by Gasteiger charge is -2.18. The van der Waals surface area contributed by atoms with Gasteiger partial charge in [0, 0.05) is 7.05 Å². The summed E-state index contributed by atoms with van der Waals surface area (Å²) in [5.41, 5.74) is -3.71. The summed E-state index contributed by atoms with van der Waals surface area (Å²) < 4.78 is 5.69. The summed E-state index contributed by atoms with van der Waals surface area (Å²) in [7, 11) is 1.09. The standard InChI is InChI=1S/C14H17NO8/c1-14(2,3)5-23-13(22)9-7(11(18)19)6(10(16)17)8(12(20)21)15(9)4/h5H2,1-4H3,(H,16,17)(H,18,19)(H,20,21). The van der Waals surface area contributed by atoms with Crippen LogP contribution in [0.4, 0.5) is 0 Å².